The fraction of sp³-hybridized carbons (Fsp3) is 0.939. The van der Waals surface area contributed by atoms with E-state index in [4.69, 9.17) is 0 Å². The normalized spacial score (nSPS) is 12.9. The fourth-order valence-corrected chi connectivity index (χ4v) is 7.76. The van der Waals surface area contributed by atoms with Crippen LogP contribution >= 0.6 is 0 Å². The molecule has 2 unspecified atom stereocenters. The van der Waals surface area contributed by atoms with Crippen LogP contribution in [-0.4, -0.2) is 34.9 Å². The van der Waals surface area contributed by atoms with E-state index >= 15 is 0 Å². The summed E-state index contributed by atoms with van der Waals surface area (Å²) in [6.07, 6.45) is 57.6. The van der Waals surface area contributed by atoms with E-state index in [1.54, 1.807) is 0 Å². The Labute approximate surface area is 333 Å². The second-order valence-electron chi connectivity index (χ2n) is 16.9. The van der Waals surface area contributed by atoms with Crippen molar-refractivity contribution in [2.75, 3.05) is 6.61 Å². The number of nitrogens with one attached hydrogen (secondary N) is 1. The number of hydrogen-bond donors (Lipinski definition) is 3. The van der Waals surface area contributed by atoms with E-state index < -0.39 is 12.1 Å². The molecule has 0 aliphatic carbocycles. The quantitative estimate of drug-likeness (QED) is 0.0429. The highest BCUT2D eigenvalue weighted by Gasteiger charge is 2.20. The molecule has 316 valence electrons. The van der Waals surface area contributed by atoms with Gasteiger partial charge in [0.15, 0.2) is 0 Å². The van der Waals surface area contributed by atoms with Gasteiger partial charge in [-0.1, -0.05) is 251 Å². The van der Waals surface area contributed by atoms with Gasteiger partial charge >= 0.3 is 0 Å². The maximum absolute atomic E-state index is 12.3. The van der Waals surface area contributed by atoms with Crippen molar-refractivity contribution >= 4 is 5.91 Å². The van der Waals surface area contributed by atoms with Crippen LogP contribution in [0.4, 0.5) is 0 Å². The molecule has 0 spiro atoms. The third-order valence-corrected chi connectivity index (χ3v) is 11.5. The monoisotopic (exact) mass is 748 g/mol. The molecule has 0 radical (unpaired) electrons. The molecule has 2 atom stereocenters. The van der Waals surface area contributed by atoms with E-state index in [-0.39, 0.29) is 12.5 Å². The number of aliphatic hydroxyl groups is 2. The summed E-state index contributed by atoms with van der Waals surface area (Å²) < 4.78 is 0. The van der Waals surface area contributed by atoms with Crippen molar-refractivity contribution in [3.05, 3.63) is 12.2 Å². The lowest BCUT2D eigenvalue weighted by atomic mass is 10.0. The minimum Gasteiger partial charge on any atom is -0.394 e. The second kappa shape index (κ2) is 45.5. The lowest BCUT2D eigenvalue weighted by Crippen LogP contribution is -2.45. The maximum Gasteiger partial charge on any atom is 0.220 e. The smallest absolute Gasteiger partial charge is 0.220 e. The van der Waals surface area contributed by atoms with E-state index in [1.165, 1.54) is 225 Å². The van der Waals surface area contributed by atoms with E-state index in [0.717, 1.165) is 25.7 Å². The van der Waals surface area contributed by atoms with Gasteiger partial charge < -0.3 is 15.5 Å². The number of carbonyl (C=O) groups is 1. The third kappa shape index (κ3) is 42.1. The molecule has 0 aliphatic heterocycles. The topological polar surface area (TPSA) is 69.6 Å². The molecule has 0 saturated heterocycles. The minimum absolute atomic E-state index is 0.0392. The summed E-state index contributed by atoms with van der Waals surface area (Å²) >= 11 is 0. The highest BCUT2D eigenvalue weighted by molar-refractivity contribution is 5.76. The number of rotatable bonds is 45. The van der Waals surface area contributed by atoms with Crippen molar-refractivity contribution in [1.82, 2.24) is 5.32 Å². The molecule has 0 aromatic rings. The molecule has 0 aromatic carbocycles. The molecule has 0 fully saturated rings. The summed E-state index contributed by atoms with van der Waals surface area (Å²) in [6, 6.07) is -0.536. The van der Waals surface area contributed by atoms with Gasteiger partial charge in [0, 0.05) is 6.42 Å². The Bertz CT molecular complexity index is 725. The van der Waals surface area contributed by atoms with Crippen LogP contribution in [0.1, 0.15) is 277 Å². The van der Waals surface area contributed by atoms with Gasteiger partial charge in [0.25, 0.3) is 0 Å². The maximum atomic E-state index is 12.3. The summed E-state index contributed by atoms with van der Waals surface area (Å²) in [5, 5.41) is 23.2. The van der Waals surface area contributed by atoms with Crippen molar-refractivity contribution in [3.8, 4) is 0 Å². The van der Waals surface area contributed by atoms with Gasteiger partial charge in [-0.25, -0.2) is 0 Å². The highest BCUT2D eigenvalue weighted by atomic mass is 16.3. The molecule has 0 bridgehead atoms. The molecule has 0 saturated carbocycles. The van der Waals surface area contributed by atoms with Crippen LogP contribution in [0.3, 0.4) is 0 Å². The van der Waals surface area contributed by atoms with Gasteiger partial charge in [-0.15, -0.1) is 0 Å². The molecule has 1 amide bonds. The lowest BCUT2D eigenvalue weighted by Gasteiger charge is -2.22. The zero-order chi connectivity index (χ0) is 38.6. The average molecular weight is 748 g/mol. The zero-order valence-corrected chi connectivity index (χ0v) is 36.3. The van der Waals surface area contributed by atoms with Crippen LogP contribution < -0.4 is 5.32 Å². The minimum atomic E-state index is -0.659. The Morgan fingerprint density at radius 1 is 0.434 bits per heavy atom. The Balaban J connectivity index is 3.37. The van der Waals surface area contributed by atoms with Crippen molar-refractivity contribution in [2.24, 2.45) is 0 Å². The van der Waals surface area contributed by atoms with Gasteiger partial charge in [0.05, 0.1) is 18.8 Å². The summed E-state index contributed by atoms with van der Waals surface area (Å²) in [5.41, 5.74) is 0. The molecule has 0 heterocycles. The van der Waals surface area contributed by atoms with Crippen molar-refractivity contribution in [3.63, 3.8) is 0 Å². The van der Waals surface area contributed by atoms with Crippen LogP contribution in [-0.2, 0) is 4.79 Å². The molecular formula is C49H97NO3. The standard InChI is InChI=1S/C49H97NO3/c1-3-5-7-9-11-13-15-16-17-18-19-20-21-22-23-24-25-26-27-28-29-30-31-32-33-35-36-38-40-42-44-48(52)47(46-51)50-49(53)45-43-41-39-37-34-14-12-10-8-6-4-2/h10,12,47-48,51-52H,3-9,11,13-46H2,1-2H3,(H,50,53)/b12-10-. The summed E-state index contributed by atoms with van der Waals surface area (Å²) in [5.74, 6) is -0.0392. The third-order valence-electron chi connectivity index (χ3n) is 11.5. The van der Waals surface area contributed by atoms with Crippen LogP contribution in [0, 0.1) is 0 Å². The Kier molecular flexibility index (Phi) is 44.8. The molecule has 3 N–H and O–H groups in total. The molecular weight excluding hydrogens is 651 g/mol. The first-order chi connectivity index (χ1) is 26.2. The summed E-state index contributed by atoms with van der Waals surface area (Å²) in [4.78, 5) is 12.3. The Morgan fingerprint density at radius 2 is 0.736 bits per heavy atom. The first-order valence-corrected chi connectivity index (χ1v) is 24.4. The van der Waals surface area contributed by atoms with Crippen LogP contribution in [0.15, 0.2) is 12.2 Å². The predicted molar refractivity (Wildman–Crippen MR) is 235 cm³/mol. The first kappa shape index (κ1) is 52.1. The first-order valence-electron chi connectivity index (χ1n) is 24.4. The van der Waals surface area contributed by atoms with Crippen LogP contribution in [0.2, 0.25) is 0 Å². The largest absolute Gasteiger partial charge is 0.394 e. The Hall–Kier alpha value is -0.870. The van der Waals surface area contributed by atoms with E-state index in [9.17, 15) is 15.0 Å². The number of unbranched alkanes of at least 4 members (excludes halogenated alkanes) is 36. The molecule has 0 aliphatic rings. The van der Waals surface area contributed by atoms with Gasteiger partial charge in [0.1, 0.15) is 0 Å². The molecule has 0 rings (SSSR count). The molecule has 53 heavy (non-hydrogen) atoms. The average Bonchev–Trinajstić information content (AvgIpc) is 3.16. The number of allylic oxidation sites excluding steroid dienone is 2. The lowest BCUT2D eigenvalue weighted by molar-refractivity contribution is -0.123. The highest BCUT2D eigenvalue weighted by Crippen LogP contribution is 2.17. The number of amides is 1. The van der Waals surface area contributed by atoms with Crippen LogP contribution in [0.5, 0.6) is 0 Å². The Morgan fingerprint density at radius 3 is 1.09 bits per heavy atom. The number of hydrogen-bond acceptors (Lipinski definition) is 3. The van der Waals surface area contributed by atoms with E-state index in [2.05, 4.69) is 31.3 Å². The summed E-state index contributed by atoms with van der Waals surface area (Å²) in [7, 11) is 0. The van der Waals surface area contributed by atoms with Crippen LogP contribution in [0.25, 0.3) is 0 Å². The van der Waals surface area contributed by atoms with Gasteiger partial charge in [-0.05, 0) is 32.1 Å². The van der Waals surface area contributed by atoms with Gasteiger partial charge in [-0.2, -0.15) is 0 Å². The van der Waals surface area contributed by atoms with E-state index in [1.807, 2.05) is 0 Å². The van der Waals surface area contributed by atoms with E-state index in [0.29, 0.717) is 12.8 Å². The SMILES string of the molecule is CCCC/C=C\CCCCCCCC(=O)NC(CO)C(O)CCCCCCCCCCCCCCCCCCCCCCCCCCCCCCCC. The molecule has 0 aromatic heterocycles. The molecule has 4 heteroatoms. The predicted octanol–water partition coefficient (Wildman–Crippen LogP) is 15.4. The van der Waals surface area contributed by atoms with Crippen molar-refractivity contribution in [2.45, 2.75) is 289 Å². The zero-order valence-electron chi connectivity index (χ0n) is 36.3. The van der Waals surface area contributed by atoms with Crippen molar-refractivity contribution in [1.29, 1.82) is 0 Å². The molecule has 4 nitrogen and oxygen atoms in total. The van der Waals surface area contributed by atoms with Gasteiger partial charge in [-0.3, -0.25) is 4.79 Å². The number of aliphatic hydroxyl groups excluding tert-OH is 2. The summed E-state index contributed by atoms with van der Waals surface area (Å²) in [6.45, 7) is 4.33. The van der Waals surface area contributed by atoms with Gasteiger partial charge in [0.2, 0.25) is 5.91 Å². The van der Waals surface area contributed by atoms with Crippen molar-refractivity contribution < 1.29 is 15.0 Å². The fourth-order valence-electron chi connectivity index (χ4n) is 7.76. The second-order valence-corrected chi connectivity index (χ2v) is 16.9. The number of carbonyl (C=O) groups excluding carboxylic acids is 1.